The first-order valence-electron chi connectivity index (χ1n) is 6.01. The summed E-state index contributed by atoms with van der Waals surface area (Å²) in [5.74, 6) is -2.20. The van der Waals surface area contributed by atoms with Crippen molar-refractivity contribution in [3.63, 3.8) is 0 Å². The Labute approximate surface area is 150 Å². The van der Waals surface area contributed by atoms with Crippen molar-refractivity contribution >= 4 is 15.9 Å². The number of rotatable bonds is 4. The van der Waals surface area contributed by atoms with Gasteiger partial charge in [-0.3, -0.25) is 4.79 Å². The van der Waals surface area contributed by atoms with Crippen LogP contribution >= 0.6 is 0 Å². The molecule has 2 unspecified atom stereocenters. The number of Topliss-reactive ketones (excluding diaryl/α,β-unsaturated/α-hetero) is 1. The van der Waals surface area contributed by atoms with Crippen LogP contribution in [0.1, 0.15) is 10.4 Å². The van der Waals surface area contributed by atoms with Gasteiger partial charge in [0.1, 0.15) is 15.9 Å². The van der Waals surface area contributed by atoms with E-state index >= 15 is 0 Å². The zero-order valence-electron chi connectivity index (χ0n) is 12.1. The molecular formula is C14H13NaO6S. The van der Waals surface area contributed by atoms with Gasteiger partial charge in [-0.15, -0.1) is 0 Å². The number of methoxy groups -OCH3 is 1. The number of benzene rings is 1. The van der Waals surface area contributed by atoms with Crippen molar-refractivity contribution in [1.82, 2.24) is 0 Å². The Morgan fingerprint density at radius 1 is 1.32 bits per heavy atom. The molecule has 2 rings (SSSR count). The topological polar surface area (TPSA) is 104 Å². The van der Waals surface area contributed by atoms with Gasteiger partial charge < -0.3 is 14.4 Å². The van der Waals surface area contributed by atoms with E-state index in [1.807, 2.05) is 0 Å². The maximum absolute atomic E-state index is 12.4. The molecule has 1 aliphatic rings. The van der Waals surface area contributed by atoms with Crippen LogP contribution in [0.15, 0.2) is 54.3 Å². The minimum atomic E-state index is -5.19. The molecule has 0 bridgehead atoms. The number of ketones is 1. The van der Waals surface area contributed by atoms with Crippen molar-refractivity contribution in [2.75, 3.05) is 7.11 Å². The number of carbonyl (C=O) groups excluding carboxylic acids is 1. The van der Waals surface area contributed by atoms with Crippen LogP contribution in [0.25, 0.3) is 0 Å². The number of carbonyl (C=O) groups is 1. The van der Waals surface area contributed by atoms with E-state index in [1.165, 1.54) is 25.3 Å². The summed E-state index contributed by atoms with van der Waals surface area (Å²) in [6.45, 7) is 0. The second-order valence-corrected chi connectivity index (χ2v) is 6.09. The zero-order valence-corrected chi connectivity index (χ0v) is 14.9. The molecule has 6 nitrogen and oxygen atoms in total. The molecule has 1 N–H and O–H groups in total. The van der Waals surface area contributed by atoms with Gasteiger partial charge in [-0.05, 0) is 6.08 Å². The second-order valence-electron chi connectivity index (χ2n) is 4.52. The molecule has 0 amide bonds. The second kappa shape index (κ2) is 7.08. The van der Waals surface area contributed by atoms with E-state index in [-0.39, 0.29) is 40.9 Å². The minimum absolute atomic E-state index is 0. The largest absolute Gasteiger partial charge is 1.00 e. The summed E-state index contributed by atoms with van der Waals surface area (Å²) in [4.78, 5) is 9.50. The third kappa shape index (κ3) is 3.51. The fourth-order valence-electron chi connectivity index (χ4n) is 2.08. The Morgan fingerprint density at radius 3 is 2.41 bits per heavy atom. The number of aliphatic hydroxyl groups is 1. The van der Waals surface area contributed by atoms with E-state index in [2.05, 4.69) is 0 Å². The van der Waals surface area contributed by atoms with Crippen LogP contribution in [0, 0.1) is 5.92 Å². The van der Waals surface area contributed by atoms with Crippen molar-refractivity contribution in [1.29, 1.82) is 0 Å². The molecule has 0 heterocycles. The number of hydrogen-bond acceptors (Lipinski definition) is 6. The fourth-order valence-corrected chi connectivity index (χ4v) is 2.84. The van der Waals surface area contributed by atoms with Crippen molar-refractivity contribution in [2.24, 2.45) is 5.92 Å². The van der Waals surface area contributed by atoms with Gasteiger partial charge in [0.25, 0.3) is 0 Å². The molecular weight excluding hydrogens is 319 g/mol. The van der Waals surface area contributed by atoms with E-state index in [4.69, 9.17) is 4.74 Å². The summed E-state index contributed by atoms with van der Waals surface area (Å²) in [5, 5.41) is 10.3. The average molecular weight is 332 g/mol. The monoisotopic (exact) mass is 332 g/mol. The van der Waals surface area contributed by atoms with Crippen molar-refractivity contribution in [3.05, 3.63) is 59.9 Å². The van der Waals surface area contributed by atoms with Crippen molar-refractivity contribution in [3.8, 4) is 0 Å². The quantitative estimate of drug-likeness (QED) is 0.382. The molecule has 1 aromatic carbocycles. The zero-order chi connectivity index (χ0) is 15.7. The fraction of sp³-hybridized carbons (Fsp3) is 0.214. The number of ether oxygens (including phenoxy) is 1. The molecule has 0 saturated carbocycles. The molecule has 0 saturated heterocycles. The van der Waals surface area contributed by atoms with Crippen LogP contribution < -0.4 is 29.6 Å². The van der Waals surface area contributed by atoms with Crippen LogP contribution in [0.4, 0.5) is 0 Å². The van der Waals surface area contributed by atoms with Gasteiger partial charge in [-0.2, -0.15) is 0 Å². The molecule has 22 heavy (non-hydrogen) atoms. The summed E-state index contributed by atoms with van der Waals surface area (Å²) in [7, 11) is -3.94. The van der Waals surface area contributed by atoms with Crippen molar-refractivity contribution in [2.45, 2.75) is 4.93 Å². The van der Waals surface area contributed by atoms with Gasteiger partial charge in [0.15, 0.2) is 10.7 Å². The van der Waals surface area contributed by atoms with Gasteiger partial charge in [0, 0.05) is 11.6 Å². The summed E-state index contributed by atoms with van der Waals surface area (Å²) >= 11 is 0. The Kier molecular flexibility index (Phi) is 6.14. The Hall–Kier alpha value is -0.960. The van der Waals surface area contributed by atoms with Gasteiger partial charge in [0.2, 0.25) is 0 Å². The standard InChI is InChI=1S/C14H14O6S.Na/c1-20-11-7-8-12(14(16,9-11)21(17,18)19)13(15)10-5-3-2-4-6-10;/h2-9,12,16H,1H3,(H,17,18,19);/q;+1/p-1. The van der Waals surface area contributed by atoms with Gasteiger partial charge in [-0.25, -0.2) is 8.42 Å². The van der Waals surface area contributed by atoms with Crippen LogP contribution in [0.3, 0.4) is 0 Å². The normalized spacial score (nSPS) is 24.1. The molecule has 1 aliphatic carbocycles. The van der Waals surface area contributed by atoms with Crippen LogP contribution in [-0.4, -0.2) is 35.9 Å². The molecule has 8 heteroatoms. The first-order chi connectivity index (χ1) is 9.79. The van der Waals surface area contributed by atoms with Gasteiger partial charge >= 0.3 is 29.6 Å². The maximum Gasteiger partial charge on any atom is 1.00 e. The van der Waals surface area contributed by atoms with E-state index in [1.54, 1.807) is 18.2 Å². The SMILES string of the molecule is COC1=CC(O)(S(=O)(=O)[O-])C(C(=O)c2ccccc2)C=C1.[Na+]. The summed E-state index contributed by atoms with van der Waals surface area (Å²) < 4.78 is 39.1. The van der Waals surface area contributed by atoms with E-state index in [0.717, 1.165) is 12.2 Å². The first kappa shape index (κ1) is 19.1. The Morgan fingerprint density at radius 2 is 1.91 bits per heavy atom. The predicted molar refractivity (Wildman–Crippen MR) is 73.1 cm³/mol. The summed E-state index contributed by atoms with van der Waals surface area (Å²) in [6, 6.07) is 7.84. The molecule has 0 aliphatic heterocycles. The minimum Gasteiger partial charge on any atom is -0.745 e. The van der Waals surface area contributed by atoms with Gasteiger partial charge in [-0.1, -0.05) is 36.4 Å². The van der Waals surface area contributed by atoms with Crippen molar-refractivity contribution < 1.29 is 57.2 Å². The van der Waals surface area contributed by atoms with Crippen LogP contribution in [-0.2, 0) is 14.9 Å². The third-order valence-corrected chi connectivity index (χ3v) is 4.40. The first-order valence-corrected chi connectivity index (χ1v) is 7.42. The maximum atomic E-state index is 12.4. The molecule has 0 spiro atoms. The molecule has 0 fully saturated rings. The summed E-state index contributed by atoms with van der Waals surface area (Å²) in [6.07, 6.45) is 3.25. The van der Waals surface area contributed by atoms with E-state index in [9.17, 15) is 22.9 Å². The molecule has 1 aromatic rings. The predicted octanol–water partition coefficient (Wildman–Crippen LogP) is -2.18. The molecule has 2 atom stereocenters. The molecule has 0 radical (unpaired) electrons. The Balaban J connectivity index is 0.00000242. The van der Waals surface area contributed by atoms with Crippen LogP contribution in [0.5, 0.6) is 0 Å². The van der Waals surface area contributed by atoms with Crippen LogP contribution in [0.2, 0.25) is 0 Å². The molecule has 112 valence electrons. The van der Waals surface area contributed by atoms with E-state index in [0.29, 0.717) is 0 Å². The smallest absolute Gasteiger partial charge is 0.745 e. The third-order valence-electron chi connectivity index (χ3n) is 3.22. The van der Waals surface area contributed by atoms with Gasteiger partial charge in [0.05, 0.1) is 13.0 Å². The Bertz CT molecular complexity index is 710. The van der Waals surface area contributed by atoms with E-state index < -0.39 is 26.8 Å². The number of allylic oxidation sites excluding steroid dienone is 1. The summed E-state index contributed by atoms with van der Waals surface area (Å²) in [5.41, 5.74) is 0.198. The number of hydrogen-bond donors (Lipinski definition) is 1. The molecule has 0 aromatic heterocycles. The average Bonchev–Trinajstić information content (AvgIpc) is 2.46.